The van der Waals surface area contributed by atoms with E-state index in [1.54, 1.807) is 24.3 Å². The van der Waals surface area contributed by atoms with Crippen LogP contribution in [0.1, 0.15) is 17.0 Å². The van der Waals surface area contributed by atoms with Gasteiger partial charge in [0.2, 0.25) is 0 Å². The number of phenols is 2. The number of hydrogen-bond acceptors (Lipinski definition) is 3. The van der Waals surface area contributed by atoms with Crippen LogP contribution in [0.2, 0.25) is 0 Å². The molecule has 0 radical (unpaired) electrons. The SMILES string of the molecule is C=CC(C=Cc1ccc(O)cc1)c1ccc(O)c(OC)c1. The van der Waals surface area contributed by atoms with E-state index < -0.39 is 0 Å². The second-order valence-electron chi connectivity index (χ2n) is 4.64. The highest BCUT2D eigenvalue weighted by Gasteiger charge is 2.08. The molecule has 0 aliphatic rings. The van der Waals surface area contributed by atoms with Crippen LogP contribution in [0.15, 0.2) is 61.2 Å². The van der Waals surface area contributed by atoms with Crippen LogP contribution in [0.5, 0.6) is 17.2 Å². The molecule has 0 fully saturated rings. The molecule has 0 saturated heterocycles. The third-order valence-corrected chi connectivity index (χ3v) is 3.23. The van der Waals surface area contributed by atoms with Gasteiger partial charge in [0.1, 0.15) is 5.75 Å². The van der Waals surface area contributed by atoms with Crippen molar-refractivity contribution in [2.75, 3.05) is 7.11 Å². The summed E-state index contributed by atoms with van der Waals surface area (Å²) in [6, 6.07) is 12.2. The molecule has 0 aromatic heterocycles. The maximum absolute atomic E-state index is 9.63. The lowest BCUT2D eigenvalue weighted by Gasteiger charge is -2.11. The maximum atomic E-state index is 9.63. The largest absolute Gasteiger partial charge is 0.508 e. The van der Waals surface area contributed by atoms with Crippen molar-refractivity contribution >= 4 is 6.08 Å². The van der Waals surface area contributed by atoms with Gasteiger partial charge in [-0.1, -0.05) is 36.4 Å². The van der Waals surface area contributed by atoms with Gasteiger partial charge in [0.25, 0.3) is 0 Å². The van der Waals surface area contributed by atoms with Crippen LogP contribution in [0.4, 0.5) is 0 Å². The second-order valence-corrected chi connectivity index (χ2v) is 4.64. The summed E-state index contributed by atoms with van der Waals surface area (Å²) >= 11 is 0. The summed E-state index contributed by atoms with van der Waals surface area (Å²) in [6.07, 6.45) is 5.79. The molecule has 2 N–H and O–H groups in total. The quantitative estimate of drug-likeness (QED) is 0.812. The number of ether oxygens (including phenoxy) is 1. The van der Waals surface area contributed by atoms with Gasteiger partial charge >= 0.3 is 0 Å². The minimum atomic E-state index is 0.00769. The van der Waals surface area contributed by atoms with Crippen LogP contribution >= 0.6 is 0 Å². The Balaban J connectivity index is 2.23. The summed E-state index contributed by atoms with van der Waals surface area (Å²) in [5.41, 5.74) is 1.97. The Hall–Kier alpha value is -2.68. The monoisotopic (exact) mass is 282 g/mol. The minimum Gasteiger partial charge on any atom is -0.508 e. The average Bonchev–Trinajstić information content (AvgIpc) is 2.51. The summed E-state index contributed by atoms with van der Waals surface area (Å²) < 4.78 is 5.12. The Bertz CT molecular complexity index is 642. The molecule has 1 atom stereocenters. The van der Waals surface area contributed by atoms with Gasteiger partial charge in [0, 0.05) is 5.92 Å². The molecule has 0 heterocycles. The summed E-state index contributed by atoms with van der Waals surface area (Å²) in [7, 11) is 1.52. The zero-order chi connectivity index (χ0) is 15.2. The highest BCUT2D eigenvalue weighted by molar-refractivity contribution is 5.53. The molecule has 108 valence electrons. The predicted molar refractivity (Wildman–Crippen MR) is 84.7 cm³/mol. The summed E-state index contributed by atoms with van der Waals surface area (Å²) in [4.78, 5) is 0. The topological polar surface area (TPSA) is 49.7 Å². The van der Waals surface area contributed by atoms with Crippen LogP contribution < -0.4 is 4.74 Å². The first kappa shape index (κ1) is 14.7. The molecular weight excluding hydrogens is 264 g/mol. The lowest BCUT2D eigenvalue weighted by Crippen LogP contribution is -1.92. The van der Waals surface area contributed by atoms with E-state index in [1.807, 2.05) is 36.4 Å². The fourth-order valence-electron chi connectivity index (χ4n) is 2.03. The standard InChI is InChI=1S/C18H18O3/c1-3-14(7-4-13-5-9-16(19)10-6-13)15-8-11-17(20)18(12-15)21-2/h3-12,14,19-20H,1H2,2H3. The smallest absolute Gasteiger partial charge is 0.160 e. The molecule has 3 nitrogen and oxygen atoms in total. The molecule has 0 aliphatic carbocycles. The maximum Gasteiger partial charge on any atom is 0.160 e. The summed E-state index contributed by atoms with van der Waals surface area (Å²) in [5, 5.41) is 18.9. The first-order valence-corrected chi connectivity index (χ1v) is 6.60. The number of aromatic hydroxyl groups is 2. The van der Waals surface area contributed by atoms with E-state index in [4.69, 9.17) is 4.74 Å². The van der Waals surface area contributed by atoms with Crippen molar-refractivity contribution in [3.8, 4) is 17.2 Å². The van der Waals surface area contributed by atoms with Crippen molar-refractivity contribution in [2.24, 2.45) is 0 Å². The minimum absolute atomic E-state index is 0.00769. The van der Waals surface area contributed by atoms with E-state index in [0.717, 1.165) is 11.1 Å². The van der Waals surface area contributed by atoms with Gasteiger partial charge in [0.15, 0.2) is 11.5 Å². The molecule has 0 aliphatic heterocycles. The van der Waals surface area contributed by atoms with E-state index >= 15 is 0 Å². The molecule has 3 heteroatoms. The highest BCUT2D eigenvalue weighted by atomic mass is 16.5. The number of hydrogen-bond donors (Lipinski definition) is 2. The van der Waals surface area contributed by atoms with Crippen LogP contribution in [0.25, 0.3) is 6.08 Å². The van der Waals surface area contributed by atoms with Gasteiger partial charge in [0.05, 0.1) is 7.11 Å². The summed E-state index contributed by atoms with van der Waals surface area (Å²) in [6.45, 7) is 3.85. The molecule has 2 rings (SSSR count). The van der Waals surface area contributed by atoms with Crippen molar-refractivity contribution < 1.29 is 14.9 Å². The van der Waals surface area contributed by atoms with Crippen LogP contribution in [-0.4, -0.2) is 17.3 Å². The number of phenolic OH excluding ortho intramolecular Hbond substituents is 2. The Morgan fingerprint density at radius 3 is 2.43 bits per heavy atom. The average molecular weight is 282 g/mol. The van der Waals surface area contributed by atoms with Crippen molar-refractivity contribution in [3.63, 3.8) is 0 Å². The van der Waals surface area contributed by atoms with E-state index in [0.29, 0.717) is 5.75 Å². The molecule has 2 aromatic rings. The van der Waals surface area contributed by atoms with Crippen molar-refractivity contribution in [1.29, 1.82) is 0 Å². The third kappa shape index (κ3) is 3.66. The van der Waals surface area contributed by atoms with E-state index in [1.165, 1.54) is 7.11 Å². The third-order valence-electron chi connectivity index (χ3n) is 3.23. The first-order chi connectivity index (χ1) is 10.1. The number of allylic oxidation sites excluding steroid dienone is 2. The van der Waals surface area contributed by atoms with E-state index in [2.05, 4.69) is 6.58 Å². The van der Waals surface area contributed by atoms with Crippen LogP contribution in [-0.2, 0) is 0 Å². The van der Waals surface area contributed by atoms with Crippen molar-refractivity contribution in [3.05, 3.63) is 72.3 Å². The van der Waals surface area contributed by atoms with E-state index in [-0.39, 0.29) is 17.4 Å². The molecular formula is C18H18O3. The number of rotatable bonds is 5. The normalized spacial score (nSPS) is 12.2. The Kier molecular flexibility index (Phi) is 4.67. The van der Waals surface area contributed by atoms with Crippen molar-refractivity contribution in [1.82, 2.24) is 0 Å². The summed E-state index contributed by atoms with van der Waals surface area (Å²) in [5.74, 6) is 0.813. The van der Waals surface area contributed by atoms with Gasteiger partial charge in [-0.2, -0.15) is 0 Å². The van der Waals surface area contributed by atoms with Gasteiger partial charge < -0.3 is 14.9 Å². The Labute approximate surface area is 124 Å². The molecule has 0 spiro atoms. The lowest BCUT2D eigenvalue weighted by atomic mass is 9.97. The molecule has 0 bridgehead atoms. The molecule has 0 saturated carbocycles. The highest BCUT2D eigenvalue weighted by Crippen LogP contribution is 2.30. The Morgan fingerprint density at radius 2 is 1.81 bits per heavy atom. The van der Waals surface area contributed by atoms with Crippen molar-refractivity contribution in [2.45, 2.75) is 5.92 Å². The molecule has 1 unspecified atom stereocenters. The van der Waals surface area contributed by atoms with Crippen LogP contribution in [0, 0.1) is 0 Å². The zero-order valence-electron chi connectivity index (χ0n) is 11.9. The van der Waals surface area contributed by atoms with Gasteiger partial charge in [-0.15, -0.1) is 6.58 Å². The fraction of sp³-hybridized carbons (Fsp3) is 0.111. The second kappa shape index (κ2) is 6.66. The zero-order valence-corrected chi connectivity index (χ0v) is 11.9. The molecule has 0 amide bonds. The lowest BCUT2D eigenvalue weighted by molar-refractivity contribution is 0.373. The molecule has 2 aromatic carbocycles. The van der Waals surface area contributed by atoms with Gasteiger partial charge in [-0.25, -0.2) is 0 Å². The predicted octanol–water partition coefficient (Wildman–Crippen LogP) is 4.09. The van der Waals surface area contributed by atoms with E-state index in [9.17, 15) is 10.2 Å². The van der Waals surface area contributed by atoms with Gasteiger partial charge in [-0.05, 0) is 35.4 Å². The first-order valence-electron chi connectivity index (χ1n) is 6.60. The number of benzene rings is 2. The van der Waals surface area contributed by atoms with Gasteiger partial charge in [-0.3, -0.25) is 0 Å². The fourth-order valence-corrected chi connectivity index (χ4v) is 2.03. The Morgan fingerprint density at radius 1 is 1.10 bits per heavy atom. The van der Waals surface area contributed by atoms with Crippen LogP contribution in [0.3, 0.4) is 0 Å². The molecule has 21 heavy (non-hydrogen) atoms. The number of methoxy groups -OCH3 is 1.